The molecule has 0 saturated carbocycles. The van der Waals surface area contributed by atoms with Gasteiger partial charge in [-0.2, -0.15) is 0 Å². The third kappa shape index (κ3) is 11.0. The van der Waals surface area contributed by atoms with Gasteiger partial charge < -0.3 is 34.5 Å². The lowest BCUT2D eigenvalue weighted by molar-refractivity contribution is -0.160. The number of rotatable bonds is 12. The lowest BCUT2D eigenvalue weighted by atomic mass is 9.86. The van der Waals surface area contributed by atoms with E-state index in [0.29, 0.717) is 18.4 Å². The number of carboxylic acids is 1. The number of carbonyl (C=O) groups excluding carboxylic acids is 3. The van der Waals surface area contributed by atoms with Gasteiger partial charge in [0.2, 0.25) is 0 Å². The molecule has 1 aromatic carbocycles. The summed E-state index contributed by atoms with van der Waals surface area (Å²) < 4.78 is 26.8. The monoisotopic (exact) mass is 567 g/mol. The van der Waals surface area contributed by atoms with Crippen LogP contribution in [0.15, 0.2) is 18.2 Å². The summed E-state index contributed by atoms with van der Waals surface area (Å²) in [5.41, 5.74) is 2.41. The quantitative estimate of drug-likeness (QED) is 0.179. The standard InChI is InChI=1S/C29H45NO10/c1-11-27(7,8)39-24(34)37-20-14-13-19(15-21(20)38-25(35)40-28(9,10)12-2)17-29(30,22(31)32)16-18(3)36-23(33)26(4,5)6/h13-15,18H,11-12,16-17,30H2,1-10H3,(H,31,32)/t18-,29?/m0/s1. The van der Waals surface area contributed by atoms with E-state index in [0.717, 1.165) is 0 Å². The van der Waals surface area contributed by atoms with Crippen LogP contribution in [-0.4, -0.2) is 52.2 Å². The van der Waals surface area contributed by atoms with Gasteiger partial charge in [-0.1, -0.05) is 19.9 Å². The van der Waals surface area contributed by atoms with Crippen LogP contribution in [0.25, 0.3) is 0 Å². The lowest BCUT2D eigenvalue weighted by Gasteiger charge is -2.29. The highest BCUT2D eigenvalue weighted by atomic mass is 16.8. The molecule has 0 radical (unpaired) electrons. The molecule has 1 rings (SSSR count). The van der Waals surface area contributed by atoms with Gasteiger partial charge in [0.05, 0.1) is 5.41 Å². The highest BCUT2D eigenvalue weighted by Crippen LogP contribution is 2.33. The Morgan fingerprint density at radius 2 is 1.32 bits per heavy atom. The summed E-state index contributed by atoms with van der Waals surface area (Å²) in [6.45, 7) is 17.1. The van der Waals surface area contributed by atoms with Crippen molar-refractivity contribution in [3.05, 3.63) is 23.8 Å². The van der Waals surface area contributed by atoms with Gasteiger partial charge in [0.1, 0.15) is 22.8 Å². The summed E-state index contributed by atoms with van der Waals surface area (Å²) in [5, 5.41) is 9.95. The van der Waals surface area contributed by atoms with E-state index in [9.17, 15) is 24.3 Å². The first-order chi connectivity index (χ1) is 18.1. The van der Waals surface area contributed by atoms with Crippen molar-refractivity contribution in [2.24, 2.45) is 11.1 Å². The van der Waals surface area contributed by atoms with Crippen LogP contribution in [0.5, 0.6) is 11.5 Å². The molecule has 0 amide bonds. The van der Waals surface area contributed by atoms with E-state index in [1.54, 1.807) is 55.4 Å². The van der Waals surface area contributed by atoms with E-state index in [1.165, 1.54) is 18.2 Å². The molecule has 0 spiro atoms. The number of benzene rings is 1. The van der Waals surface area contributed by atoms with E-state index in [4.69, 9.17) is 29.4 Å². The summed E-state index contributed by atoms with van der Waals surface area (Å²) in [5.74, 6) is -2.14. The molecule has 0 aliphatic heterocycles. The van der Waals surface area contributed by atoms with Crippen LogP contribution in [0.4, 0.5) is 9.59 Å². The maximum atomic E-state index is 12.6. The third-order valence-corrected chi connectivity index (χ3v) is 6.33. The van der Waals surface area contributed by atoms with Crippen LogP contribution in [0.2, 0.25) is 0 Å². The average Bonchev–Trinajstić information content (AvgIpc) is 2.79. The zero-order valence-electron chi connectivity index (χ0n) is 25.3. The number of carboxylic acid groups (broad SMARTS) is 1. The maximum absolute atomic E-state index is 12.6. The normalized spacial score (nSPS) is 14.4. The fourth-order valence-corrected chi connectivity index (χ4v) is 3.16. The fourth-order valence-electron chi connectivity index (χ4n) is 3.16. The Kier molecular flexibility index (Phi) is 11.6. The SMILES string of the molecule is CCC(C)(C)OC(=O)Oc1ccc(CC(N)(C[C@H](C)OC(=O)C(C)(C)C)C(=O)O)cc1OC(=O)OC(C)(C)CC. The predicted octanol–water partition coefficient (Wildman–Crippen LogP) is 5.79. The maximum Gasteiger partial charge on any atom is 0.514 e. The second kappa shape index (κ2) is 13.3. The predicted molar refractivity (Wildman–Crippen MR) is 147 cm³/mol. The summed E-state index contributed by atoms with van der Waals surface area (Å²) in [4.78, 5) is 49.5. The molecule has 11 heteroatoms. The van der Waals surface area contributed by atoms with Crippen molar-refractivity contribution in [3.63, 3.8) is 0 Å². The van der Waals surface area contributed by atoms with E-state index in [1.807, 2.05) is 13.8 Å². The van der Waals surface area contributed by atoms with E-state index >= 15 is 0 Å². The fraction of sp³-hybridized carbons (Fsp3) is 0.655. The molecule has 3 N–H and O–H groups in total. The zero-order chi connectivity index (χ0) is 31.1. The molecule has 0 heterocycles. The van der Waals surface area contributed by atoms with Crippen LogP contribution in [0.3, 0.4) is 0 Å². The van der Waals surface area contributed by atoms with Gasteiger partial charge in [0, 0.05) is 12.8 Å². The zero-order valence-corrected chi connectivity index (χ0v) is 25.3. The van der Waals surface area contributed by atoms with Gasteiger partial charge in [0.25, 0.3) is 0 Å². The molecule has 2 atom stereocenters. The Morgan fingerprint density at radius 3 is 1.75 bits per heavy atom. The van der Waals surface area contributed by atoms with E-state index in [-0.39, 0.29) is 24.3 Å². The number of nitrogens with two attached hydrogens (primary N) is 1. The molecular weight excluding hydrogens is 522 g/mol. The number of carbonyl (C=O) groups is 4. The molecule has 0 fully saturated rings. The van der Waals surface area contributed by atoms with Crippen molar-refractivity contribution >= 4 is 24.2 Å². The topological polar surface area (TPSA) is 161 Å². The van der Waals surface area contributed by atoms with Crippen LogP contribution in [0.1, 0.15) is 94.1 Å². The molecular formula is C29H45NO10. The van der Waals surface area contributed by atoms with E-state index in [2.05, 4.69) is 0 Å². The molecule has 0 aliphatic rings. The minimum atomic E-state index is -1.84. The van der Waals surface area contributed by atoms with Crippen molar-refractivity contribution in [2.75, 3.05) is 0 Å². The van der Waals surface area contributed by atoms with Crippen LogP contribution < -0.4 is 15.2 Å². The largest absolute Gasteiger partial charge is 0.514 e. The Balaban J connectivity index is 3.31. The number of hydrogen-bond acceptors (Lipinski definition) is 10. The second-order valence-electron chi connectivity index (χ2n) is 12.2. The number of aliphatic carboxylic acids is 1. The highest BCUT2D eigenvalue weighted by Gasteiger charge is 2.38. The average molecular weight is 568 g/mol. The molecule has 226 valence electrons. The third-order valence-electron chi connectivity index (χ3n) is 6.33. The first kappa shape index (κ1) is 34.7. The highest BCUT2D eigenvalue weighted by molar-refractivity contribution is 5.79. The molecule has 1 unspecified atom stereocenters. The van der Waals surface area contributed by atoms with E-state index < -0.39 is 52.5 Å². The molecule has 11 nitrogen and oxygen atoms in total. The summed E-state index contributed by atoms with van der Waals surface area (Å²) in [6.07, 6.45) is -2.23. The van der Waals surface area contributed by atoms with Gasteiger partial charge in [0.15, 0.2) is 11.5 Å². The summed E-state index contributed by atoms with van der Waals surface area (Å²) in [7, 11) is 0. The Bertz CT molecular complexity index is 1070. The molecule has 0 bridgehead atoms. The van der Waals surface area contributed by atoms with Crippen molar-refractivity contribution in [1.29, 1.82) is 0 Å². The Hall–Kier alpha value is -3.34. The first-order valence-corrected chi connectivity index (χ1v) is 13.3. The molecule has 0 saturated heterocycles. The van der Waals surface area contributed by atoms with Crippen molar-refractivity contribution in [1.82, 2.24) is 0 Å². The molecule has 0 aliphatic carbocycles. The number of esters is 1. The van der Waals surface area contributed by atoms with Gasteiger partial charge in [-0.15, -0.1) is 0 Å². The first-order valence-electron chi connectivity index (χ1n) is 13.3. The van der Waals surface area contributed by atoms with Crippen LogP contribution >= 0.6 is 0 Å². The molecule has 0 aromatic heterocycles. The van der Waals surface area contributed by atoms with Crippen LogP contribution in [-0.2, 0) is 30.2 Å². The molecule has 1 aromatic rings. The van der Waals surface area contributed by atoms with Crippen molar-refractivity contribution in [2.45, 2.75) is 118 Å². The summed E-state index contributed by atoms with van der Waals surface area (Å²) >= 11 is 0. The minimum Gasteiger partial charge on any atom is -0.480 e. The lowest BCUT2D eigenvalue weighted by Crippen LogP contribution is -2.52. The second-order valence-corrected chi connectivity index (χ2v) is 12.2. The Labute approximate surface area is 236 Å². The van der Waals surface area contributed by atoms with Gasteiger partial charge in [-0.3, -0.25) is 9.59 Å². The smallest absolute Gasteiger partial charge is 0.480 e. The minimum absolute atomic E-state index is 0.141. The molecule has 40 heavy (non-hydrogen) atoms. The van der Waals surface area contributed by atoms with Crippen molar-refractivity contribution < 1.29 is 48.0 Å². The van der Waals surface area contributed by atoms with Gasteiger partial charge in [-0.05, 0) is 85.9 Å². The van der Waals surface area contributed by atoms with Gasteiger partial charge in [-0.25, -0.2) is 9.59 Å². The Morgan fingerprint density at radius 1 is 0.850 bits per heavy atom. The number of hydrogen-bond donors (Lipinski definition) is 2. The van der Waals surface area contributed by atoms with Crippen molar-refractivity contribution in [3.8, 4) is 11.5 Å². The van der Waals surface area contributed by atoms with Crippen LogP contribution in [0, 0.1) is 5.41 Å². The summed E-state index contributed by atoms with van der Waals surface area (Å²) in [6, 6.07) is 4.16. The number of ether oxygens (including phenoxy) is 5. The van der Waals surface area contributed by atoms with Gasteiger partial charge >= 0.3 is 24.2 Å².